The summed E-state index contributed by atoms with van der Waals surface area (Å²) in [5.74, 6) is 0.945. The van der Waals surface area contributed by atoms with Crippen LogP contribution in [0.5, 0.6) is 5.75 Å². The summed E-state index contributed by atoms with van der Waals surface area (Å²) in [5, 5.41) is 0. The van der Waals surface area contributed by atoms with E-state index in [-0.39, 0.29) is 11.7 Å². The van der Waals surface area contributed by atoms with Gasteiger partial charge in [-0.2, -0.15) is 0 Å². The van der Waals surface area contributed by atoms with Gasteiger partial charge in [0.25, 0.3) is 0 Å². The van der Waals surface area contributed by atoms with Gasteiger partial charge in [0.05, 0.1) is 18.8 Å². The zero-order valence-corrected chi connectivity index (χ0v) is 12.8. The first-order valence-electron chi connectivity index (χ1n) is 7.87. The zero-order valence-electron chi connectivity index (χ0n) is 12.8. The number of ether oxygens (including phenoxy) is 3. The summed E-state index contributed by atoms with van der Waals surface area (Å²) in [6, 6.07) is 10.1. The van der Waals surface area contributed by atoms with Gasteiger partial charge in [0.15, 0.2) is 0 Å². The Morgan fingerprint density at radius 2 is 2.00 bits per heavy atom. The number of benzene rings is 1. The van der Waals surface area contributed by atoms with E-state index in [4.69, 9.17) is 14.2 Å². The van der Waals surface area contributed by atoms with Crippen LogP contribution < -0.4 is 4.74 Å². The van der Waals surface area contributed by atoms with Crippen molar-refractivity contribution in [1.82, 2.24) is 4.90 Å². The lowest BCUT2D eigenvalue weighted by atomic mass is 9.88. The maximum absolute atomic E-state index is 6.14. The maximum Gasteiger partial charge on any atom is 0.125 e. The molecule has 0 aromatic heterocycles. The van der Waals surface area contributed by atoms with Crippen LogP contribution in [0.2, 0.25) is 0 Å². The number of rotatable bonds is 5. The lowest BCUT2D eigenvalue weighted by molar-refractivity contribution is -0.0465. The van der Waals surface area contributed by atoms with Crippen LogP contribution in [0.3, 0.4) is 0 Å². The molecule has 1 atom stereocenters. The van der Waals surface area contributed by atoms with E-state index in [9.17, 15) is 0 Å². The Kier molecular flexibility index (Phi) is 4.78. The van der Waals surface area contributed by atoms with E-state index < -0.39 is 0 Å². The van der Waals surface area contributed by atoms with Gasteiger partial charge < -0.3 is 19.1 Å². The first kappa shape index (κ1) is 14.8. The molecule has 2 fully saturated rings. The average molecular weight is 291 g/mol. The predicted octanol–water partition coefficient (Wildman–Crippen LogP) is 2.34. The molecule has 2 aliphatic rings. The highest BCUT2D eigenvalue weighted by atomic mass is 16.6. The fourth-order valence-corrected chi connectivity index (χ4v) is 3.32. The van der Waals surface area contributed by atoms with Crippen molar-refractivity contribution in [3.05, 3.63) is 30.3 Å². The molecule has 0 bridgehead atoms. The van der Waals surface area contributed by atoms with Crippen LogP contribution in [0.15, 0.2) is 30.3 Å². The first-order valence-corrected chi connectivity index (χ1v) is 7.87. The Labute approximate surface area is 127 Å². The summed E-state index contributed by atoms with van der Waals surface area (Å²) < 4.78 is 17.3. The van der Waals surface area contributed by atoms with E-state index in [2.05, 4.69) is 4.90 Å². The number of methoxy groups -OCH3 is 1. The van der Waals surface area contributed by atoms with Gasteiger partial charge >= 0.3 is 0 Å². The molecular weight excluding hydrogens is 266 g/mol. The Balaban J connectivity index is 1.48. The van der Waals surface area contributed by atoms with E-state index in [1.54, 1.807) is 7.11 Å². The van der Waals surface area contributed by atoms with Gasteiger partial charge in [-0.25, -0.2) is 0 Å². The molecular formula is C17H25NO3. The molecule has 1 aromatic carbocycles. The summed E-state index contributed by atoms with van der Waals surface area (Å²) in [7, 11) is 1.76. The zero-order chi connectivity index (χ0) is 14.5. The number of piperidine rings is 1. The fourth-order valence-electron chi connectivity index (χ4n) is 3.32. The lowest BCUT2D eigenvalue weighted by Crippen LogP contribution is -2.45. The topological polar surface area (TPSA) is 30.9 Å². The molecule has 0 amide bonds. The van der Waals surface area contributed by atoms with Crippen molar-refractivity contribution in [3.63, 3.8) is 0 Å². The molecule has 2 heterocycles. The maximum atomic E-state index is 6.14. The van der Waals surface area contributed by atoms with Crippen LogP contribution >= 0.6 is 0 Å². The second-order valence-electron chi connectivity index (χ2n) is 6.09. The fraction of sp³-hybridized carbons (Fsp3) is 0.647. The molecule has 21 heavy (non-hydrogen) atoms. The van der Waals surface area contributed by atoms with E-state index in [1.165, 1.54) is 0 Å². The Hall–Kier alpha value is -1.10. The molecule has 1 aromatic rings. The molecule has 2 aliphatic heterocycles. The normalized spacial score (nSPS) is 25.3. The summed E-state index contributed by atoms with van der Waals surface area (Å²) >= 11 is 0. The van der Waals surface area contributed by atoms with Crippen molar-refractivity contribution < 1.29 is 14.2 Å². The van der Waals surface area contributed by atoms with Crippen LogP contribution in [0, 0.1) is 0 Å². The molecule has 0 N–H and O–H groups in total. The number of hydrogen-bond donors (Lipinski definition) is 0. The van der Waals surface area contributed by atoms with Crippen LogP contribution in [-0.2, 0) is 9.47 Å². The third-order valence-corrected chi connectivity index (χ3v) is 4.60. The quantitative estimate of drug-likeness (QED) is 0.833. The Morgan fingerprint density at radius 3 is 2.71 bits per heavy atom. The Bertz CT molecular complexity index is 429. The van der Waals surface area contributed by atoms with E-state index >= 15 is 0 Å². The monoisotopic (exact) mass is 291 g/mol. The smallest absolute Gasteiger partial charge is 0.125 e. The van der Waals surface area contributed by atoms with Crippen molar-refractivity contribution in [2.45, 2.75) is 31.0 Å². The van der Waals surface area contributed by atoms with Crippen LogP contribution in [0.1, 0.15) is 19.3 Å². The highest BCUT2D eigenvalue weighted by Gasteiger charge is 2.43. The van der Waals surface area contributed by atoms with E-state index in [0.29, 0.717) is 6.61 Å². The number of likely N-dealkylation sites (tertiary alicyclic amines) is 1. The van der Waals surface area contributed by atoms with Crippen LogP contribution in [0.25, 0.3) is 0 Å². The number of para-hydroxylation sites is 1. The molecule has 1 spiro atoms. The van der Waals surface area contributed by atoms with Gasteiger partial charge in [-0.15, -0.1) is 0 Å². The van der Waals surface area contributed by atoms with Crippen molar-refractivity contribution in [1.29, 1.82) is 0 Å². The summed E-state index contributed by atoms with van der Waals surface area (Å²) in [6.07, 6.45) is 3.41. The van der Waals surface area contributed by atoms with Gasteiger partial charge in [-0.3, -0.25) is 0 Å². The molecule has 3 rings (SSSR count). The largest absolute Gasteiger partial charge is 0.488 e. The highest BCUT2D eigenvalue weighted by molar-refractivity contribution is 5.21. The standard InChI is InChI=1S/C17H25NO3/c1-19-12-11-18-9-7-17(8-10-18)13-16(14-20-17)21-15-5-3-2-4-6-15/h2-6,16H,7-14H2,1H3. The van der Waals surface area contributed by atoms with Gasteiger partial charge in [-0.05, 0) is 25.0 Å². The average Bonchev–Trinajstić information content (AvgIpc) is 2.91. The molecule has 0 radical (unpaired) electrons. The summed E-state index contributed by atoms with van der Waals surface area (Å²) in [6.45, 7) is 4.75. The SMILES string of the molecule is COCCN1CCC2(CC1)CC(Oc1ccccc1)CO2. The lowest BCUT2D eigenvalue weighted by Gasteiger charge is -2.38. The van der Waals surface area contributed by atoms with Gasteiger partial charge in [-0.1, -0.05) is 18.2 Å². The molecule has 2 saturated heterocycles. The van der Waals surface area contributed by atoms with Gasteiger partial charge in [0, 0.05) is 33.2 Å². The minimum absolute atomic E-state index is 0.0447. The third-order valence-electron chi connectivity index (χ3n) is 4.60. The Morgan fingerprint density at radius 1 is 1.24 bits per heavy atom. The minimum Gasteiger partial charge on any atom is -0.488 e. The van der Waals surface area contributed by atoms with Crippen LogP contribution in [-0.4, -0.2) is 56.6 Å². The first-order chi connectivity index (χ1) is 10.3. The van der Waals surface area contributed by atoms with E-state index in [0.717, 1.165) is 51.3 Å². The van der Waals surface area contributed by atoms with Crippen molar-refractivity contribution in [2.24, 2.45) is 0 Å². The number of nitrogens with zero attached hydrogens (tertiary/aromatic N) is 1. The number of hydrogen-bond acceptors (Lipinski definition) is 4. The second kappa shape index (κ2) is 6.77. The third kappa shape index (κ3) is 3.76. The second-order valence-corrected chi connectivity index (χ2v) is 6.09. The van der Waals surface area contributed by atoms with Gasteiger partial charge in [0.1, 0.15) is 11.9 Å². The highest BCUT2D eigenvalue weighted by Crippen LogP contribution is 2.37. The molecule has 116 valence electrons. The molecule has 0 saturated carbocycles. The molecule has 4 heteroatoms. The predicted molar refractivity (Wildman–Crippen MR) is 81.7 cm³/mol. The van der Waals surface area contributed by atoms with E-state index in [1.807, 2.05) is 30.3 Å². The molecule has 1 unspecified atom stereocenters. The molecule has 0 aliphatic carbocycles. The minimum atomic E-state index is 0.0447. The summed E-state index contributed by atoms with van der Waals surface area (Å²) in [5.41, 5.74) is 0.0447. The summed E-state index contributed by atoms with van der Waals surface area (Å²) in [4.78, 5) is 2.46. The van der Waals surface area contributed by atoms with Crippen molar-refractivity contribution >= 4 is 0 Å². The van der Waals surface area contributed by atoms with Crippen LogP contribution in [0.4, 0.5) is 0 Å². The van der Waals surface area contributed by atoms with Crippen molar-refractivity contribution in [2.75, 3.05) is 40.0 Å². The van der Waals surface area contributed by atoms with Gasteiger partial charge in [0.2, 0.25) is 0 Å². The van der Waals surface area contributed by atoms with Crippen molar-refractivity contribution in [3.8, 4) is 5.75 Å². The molecule has 4 nitrogen and oxygen atoms in total.